The zero-order valence-corrected chi connectivity index (χ0v) is 8.33. The van der Waals surface area contributed by atoms with Gasteiger partial charge >= 0.3 is 0 Å². The van der Waals surface area contributed by atoms with Gasteiger partial charge in [-0.05, 0) is 22.1 Å². The molecule has 1 atom stereocenters. The van der Waals surface area contributed by atoms with Gasteiger partial charge in [0.25, 0.3) is 0 Å². The Balaban J connectivity index is 2.36. The number of allylic oxidation sites excluding steroid dienone is 4. The van der Waals surface area contributed by atoms with Crippen LogP contribution >= 0.6 is 11.6 Å². The van der Waals surface area contributed by atoms with Crippen molar-refractivity contribution in [2.24, 2.45) is 5.92 Å². The summed E-state index contributed by atoms with van der Waals surface area (Å²) in [7, 11) is 0. The first-order valence-electron chi connectivity index (χ1n) is 4.71. The van der Waals surface area contributed by atoms with Gasteiger partial charge in [-0.25, -0.2) is 0 Å². The Hall–Kier alpha value is -1.27. The second-order valence-corrected chi connectivity index (χ2v) is 4.06. The van der Waals surface area contributed by atoms with Crippen LogP contribution in [0.5, 0.6) is 0 Å². The number of hydrogen-bond donors (Lipinski definition) is 0. The van der Waals surface area contributed by atoms with Crippen LogP contribution in [0.25, 0.3) is 11.6 Å². The standard InChI is InChI=1S/C13H9Cl/c14-11-5-6-13-10(8-11)7-9-3-1-2-4-12(9)13/h1-8,10H/t10-/m0/s1. The van der Waals surface area contributed by atoms with E-state index in [4.69, 9.17) is 11.6 Å². The van der Waals surface area contributed by atoms with Crippen molar-refractivity contribution in [1.29, 1.82) is 0 Å². The summed E-state index contributed by atoms with van der Waals surface area (Å²) in [5.41, 5.74) is 1.37. The number of halogens is 1. The van der Waals surface area contributed by atoms with Crippen molar-refractivity contribution in [3.8, 4) is 0 Å². The minimum absolute atomic E-state index is 0.380. The van der Waals surface area contributed by atoms with Gasteiger partial charge in [-0.3, -0.25) is 0 Å². The highest BCUT2D eigenvalue weighted by atomic mass is 35.5. The van der Waals surface area contributed by atoms with Gasteiger partial charge in [-0.15, -0.1) is 0 Å². The van der Waals surface area contributed by atoms with E-state index in [1.807, 2.05) is 6.08 Å². The lowest BCUT2D eigenvalue weighted by Crippen LogP contribution is -2.21. The molecule has 2 aliphatic carbocycles. The monoisotopic (exact) mass is 200 g/mol. The third-order valence-corrected chi connectivity index (χ3v) is 3.00. The van der Waals surface area contributed by atoms with Crippen LogP contribution in [0, 0.1) is 5.92 Å². The van der Waals surface area contributed by atoms with Crippen molar-refractivity contribution in [2.75, 3.05) is 0 Å². The van der Waals surface area contributed by atoms with Crippen molar-refractivity contribution in [1.82, 2.24) is 0 Å². The Kier molecular flexibility index (Phi) is 1.65. The normalized spacial score (nSPS) is 22.5. The Labute approximate surface area is 87.5 Å². The van der Waals surface area contributed by atoms with Crippen LogP contribution < -0.4 is 10.4 Å². The zero-order chi connectivity index (χ0) is 9.54. The summed E-state index contributed by atoms with van der Waals surface area (Å²) in [6, 6.07) is 8.47. The maximum Gasteiger partial charge on any atom is 0.0375 e. The maximum atomic E-state index is 5.97. The Morgan fingerprint density at radius 2 is 1.86 bits per heavy atom. The van der Waals surface area contributed by atoms with Gasteiger partial charge in [0.05, 0.1) is 0 Å². The van der Waals surface area contributed by atoms with E-state index in [9.17, 15) is 0 Å². The lowest BCUT2D eigenvalue weighted by molar-refractivity contribution is 1.17. The average molecular weight is 201 g/mol. The molecule has 3 rings (SSSR count). The summed E-state index contributed by atoms with van der Waals surface area (Å²) >= 11 is 5.97. The highest BCUT2D eigenvalue weighted by molar-refractivity contribution is 6.31. The van der Waals surface area contributed by atoms with E-state index in [0.29, 0.717) is 5.92 Å². The molecule has 0 saturated carbocycles. The van der Waals surface area contributed by atoms with Gasteiger partial charge < -0.3 is 0 Å². The van der Waals surface area contributed by atoms with Gasteiger partial charge in [-0.1, -0.05) is 54.1 Å². The molecule has 1 aromatic rings. The highest BCUT2D eigenvalue weighted by Crippen LogP contribution is 2.26. The van der Waals surface area contributed by atoms with E-state index in [2.05, 4.69) is 42.5 Å². The van der Waals surface area contributed by atoms with Crippen molar-refractivity contribution >= 4 is 23.3 Å². The number of rotatable bonds is 0. The lowest BCUT2D eigenvalue weighted by Gasteiger charge is -2.10. The number of hydrogen-bond acceptors (Lipinski definition) is 0. The van der Waals surface area contributed by atoms with E-state index in [1.54, 1.807) is 0 Å². The minimum atomic E-state index is 0.380. The second-order valence-electron chi connectivity index (χ2n) is 3.62. The maximum absolute atomic E-state index is 5.97. The van der Waals surface area contributed by atoms with Crippen LogP contribution in [0.1, 0.15) is 0 Å². The predicted octanol–water partition coefficient (Wildman–Crippen LogP) is 1.94. The molecule has 0 nitrogen and oxygen atoms in total. The number of fused-ring (bicyclic) bond motifs is 2. The molecular weight excluding hydrogens is 192 g/mol. The fourth-order valence-corrected chi connectivity index (χ4v) is 2.30. The van der Waals surface area contributed by atoms with E-state index >= 15 is 0 Å². The fourth-order valence-electron chi connectivity index (χ4n) is 2.10. The first-order chi connectivity index (χ1) is 6.84. The molecule has 0 amide bonds. The topological polar surface area (TPSA) is 0 Å². The van der Waals surface area contributed by atoms with E-state index < -0.39 is 0 Å². The van der Waals surface area contributed by atoms with Crippen molar-refractivity contribution < 1.29 is 0 Å². The largest absolute Gasteiger partial charge is 0.0847 e. The van der Waals surface area contributed by atoms with Crippen molar-refractivity contribution in [2.45, 2.75) is 0 Å². The molecule has 0 saturated heterocycles. The lowest BCUT2D eigenvalue weighted by atomic mass is 9.97. The summed E-state index contributed by atoms with van der Waals surface area (Å²) in [6.07, 6.45) is 8.44. The molecule has 1 aromatic carbocycles. The first-order valence-corrected chi connectivity index (χ1v) is 5.09. The molecule has 0 unspecified atom stereocenters. The second kappa shape index (κ2) is 2.86. The molecular formula is C13H9Cl. The Bertz CT molecular complexity index is 561. The molecule has 14 heavy (non-hydrogen) atoms. The van der Waals surface area contributed by atoms with E-state index in [-0.39, 0.29) is 0 Å². The molecule has 0 radical (unpaired) electrons. The quantitative estimate of drug-likeness (QED) is 0.601. The molecule has 1 heteroatoms. The van der Waals surface area contributed by atoms with Crippen LogP contribution in [0.15, 0.2) is 47.5 Å². The predicted molar refractivity (Wildman–Crippen MR) is 60.1 cm³/mol. The molecule has 0 spiro atoms. The Morgan fingerprint density at radius 1 is 1.00 bits per heavy atom. The van der Waals surface area contributed by atoms with Crippen molar-refractivity contribution in [3.63, 3.8) is 0 Å². The fraction of sp³-hybridized carbons (Fsp3) is 0.0769. The smallest absolute Gasteiger partial charge is 0.0375 e. The van der Waals surface area contributed by atoms with Crippen LogP contribution in [-0.4, -0.2) is 0 Å². The summed E-state index contributed by atoms with van der Waals surface area (Å²) in [6.45, 7) is 0. The molecule has 0 fully saturated rings. The molecule has 0 aromatic heterocycles. The summed E-state index contributed by atoms with van der Waals surface area (Å²) in [5, 5.41) is 3.50. The number of benzene rings is 1. The van der Waals surface area contributed by atoms with Crippen LogP contribution in [0.4, 0.5) is 0 Å². The van der Waals surface area contributed by atoms with Gasteiger partial charge in [-0.2, -0.15) is 0 Å². The minimum Gasteiger partial charge on any atom is -0.0847 e. The van der Waals surface area contributed by atoms with Crippen molar-refractivity contribution in [3.05, 3.63) is 58.0 Å². The zero-order valence-electron chi connectivity index (χ0n) is 7.57. The average Bonchev–Trinajstić information content (AvgIpc) is 2.54. The molecule has 0 heterocycles. The van der Waals surface area contributed by atoms with Gasteiger partial charge in [0, 0.05) is 11.0 Å². The van der Waals surface area contributed by atoms with E-state index in [1.165, 1.54) is 16.0 Å². The van der Waals surface area contributed by atoms with Gasteiger partial charge in [0.1, 0.15) is 0 Å². The summed E-state index contributed by atoms with van der Waals surface area (Å²) in [4.78, 5) is 0. The highest BCUT2D eigenvalue weighted by Gasteiger charge is 2.16. The summed E-state index contributed by atoms with van der Waals surface area (Å²) in [5.74, 6) is 0.380. The summed E-state index contributed by atoms with van der Waals surface area (Å²) < 4.78 is 0. The van der Waals surface area contributed by atoms with Gasteiger partial charge in [0.15, 0.2) is 0 Å². The van der Waals surface area contributed by atoms with Crippen LogP contribution in [0.3, 0.4) is 0 Å². The van der Waals surface area contributed by atoms with Gasteiger partial charge in [0.2, 0.25) is 0 Å². The SMILES string of the molecule is ClC1=C[C@@H]2C=c3ccccc3=C2C=C1. The molecule has 68 valence electrons. The first kappa shape index (κ1) is 8.07. The Morgan fingerprint density at radius 3 is 2.79 bits per heavy atom. The molecule has 0 aliphatic heterocycles. The van der Waals surface area contributed by atoms with Crippen LogP contribution in [-0.2, 0) is 0 Å². The third-order valence-electron chi connectivity index (χ3n) is 2.75. The molecule has 2 aliphatic rings. The molecule has 0 bridgehead atoms. The van der Waals surface area contributed by atoms with Crippen LogP contribution in [0.2, 0.25) is 0 Å². The molecule has 0 N–H and O–H groups in total. The van der Waals surface area contributed by atoms with E-state index in [0.717, 1.165) is 5.03 Å². The third kappa shape index (κ3) is 1.08.